The van der Waals surface area contributed by atoms with Gasteiger partial charge in [-0.05, 0) is 84.3 Å². The minimum absolute atomic E-state index is 0.0382. The van der Waals surface area contributed by atoms with Gasteiger partial charge in [-0.15, -0.1) is 0 Å². The van der Waals surface area contributed by atoms with Crippen molar-refractivity contribution in [2.45, 2.75) is 63.4 Å². The van der Waals surface area contributed by atoms with E-state index in [-0.39, 0.29) is 22.3 Å². The topological polar surface area (TPSA) is 64.6 Å². The van der Waals surface area contributed by atoms with E-state index < -0.39 is 17.7 Å². The number of rotatable bonds is 5. The van der Waals surface area contributed by atoms with E-state index in [1.807, 2.05) is 31.2 Å². The van der Waals surface area contributed by atoms with Gasteiger partial charge in [-0.2, -0.15) is 0 Å². The molecule has 1 fully saturated rings. The number of allylic oxidation sites excluding steroid dienone is 3. The molecule has 0 spiro atoms. The lowest BCUT2D eigenvalue weighted by Crippen LogP contribution is -2.36. The molecule has 1 N–H and O–H groups in total. The van der Waals surface area contributed by atoms with Gasteiger partial charge in [-0.1, -0.05) is 24.3 Å². The number of carbonyl (C=O) groups is 2. The van der Waals surface area contributed by atoms with Crippen LogP contribution in [0.3, 0.4) is 0 Å². The number of esters is 1. The Kier molecular flexibility index (Phi) is 7.02. The lowest BCUT2D eigenvalue weighted by molar-refractivity contribution is -0.144. The number of dihydropyridines is 1. The number of ketones is 1. The minimum atomic E-state index is -0.627. The Bertz CT molecular complexity index is 1280. The van der Waals surface area contributed by atoms with E-state index in [4.69, 9.17) is 9.47 Å². The number of carbonyl (C=O) groups excluding carboxylic acids is 2. The van der Waals surface area contributed by atoms with Gasteiger partial charge in [-0.25, -0.2) is 9.18 Å². The first-order valence-electron chi connectivity index (χ1n) is 12.4. The van der Waals surface area contributed by atoms with Gasteiger partial charge in [0.2, 0.25) is 0 Å². The van der Waals surface area contributed by atoms with E-state index in [9.17, 15) is 14.0 Å². The van der Waals surface area contributed by atoms with Crippen LogP contribution < -0.4 is 10.1 Å². The molecule has 2 aromatic rings. The highest BCUT2D eigenvalue weighted by atomic mass is 79.9. The highest BCUT2D eigenvalue weighted by molar-refractivity contribution is 9.10. The zero-order valence-corrected chi connectivity index (χ0v) is 22.0. The van der Waals surface area contributed by atoms with Crippen LogP contribution in [0.25, 0.3) is 0 Å². The Labute approximate surface area is 218 Å². The van der Waals surface area contributed by atoms with Crippen molar-refractivity contribution in [2.75, 3.05) is 7.11 Å². The zero-order valence-electron chi connectivity index (χ0n) is 20.4. The van der Waals surface area contributed by atoms with Crippen molar-refractivity contribution in [1.82, 2.24) is 5.32 Å². The Morgan fingerprint density at radius 3 is 2.58 bits per heavy atom. The summed E-state index contributed by atoms with van der Waals surface area (Å²) in [5.41, 5.74) is 4.10. The molecule has 0 amide bonds. The van der Waals surface area contributed by atoms with Crippen molar-refractivity contribution in [2.24, 2.45) is 0 Å². The van der Waals surface area contributed by atoms with Gasteiger partial charge in [-0.3, -0.25) is 4.79 Å². The fraction of sp³-hybridized carbons (Fsp3) is 0.379. The quantitative estimate of drug-likeness (QED) is 0.431. The first-order valence-corrected chi connectivity index (χ1v) is 13.2. The van der Waals surface area contributed by atoms with E-state index in [1.54, 1.807) is 19.2 Å². The van der Waals surface area contributed by atoms with Crippen LogP contribution in [0.2, 0.25) is 0 Å². The van der Waals surface area contributed by atoms with E-state index in [0.29, 0.717) is 35.2 Å². The van der Waals surface area contributed by atoms with Gasteiger partial charge in [0.15, 0.2) is 5.78 Å². The van der Waals surface area contributed by atoms with Crippen molar-refractivity contribution in [1.29, 1.82) is 0 Å². The molecule has 2 aliphatic carbocycles. The molecule has 0 saturated heterocycles. The van der Waals surface area contributed by atoms with Crippen LogP contribution in [0.1, 0.15) is 68.4 Å². The molecule has 5 nitrogen and oxygen atoms in total. The minimum Gasteiger partial charge on any atom is -0.496 e. The summed E-state index contributed by atoms with van der Waals surface area (Å²) < 4.78 is 25.9. The molecule has 188 valence electrons. The summed E-state index contributed by atoms with van der Waals surface area (Å²) in [6, 6.07) is 12.4. The second-order valence-electron chi connectivity index (χ2n) is 9.74. The first-order chi connectivity index (χ1) is 17.4. The third-order valence-electron chi connectivity index (χ3n) is 7.48. The third kappa shape index (κ3) is 4.61. The van der Waals surface area contributed by atoms with Gasteiger partial charge in [0, 0.05) is 35.2 Å². The van der Waals surface area contributed by atoms with Crippen LogP contribution in [0.15, 0.2) is 69.5 Å². The van der Waals surface area contributed by atoms with Crippen LogP contribution >= 0.6 is 15.9 Å². The highest BCUT2D eigenvalue weighted by Gasteiger charge is 2.42. The Morgan fingerprint density at radius 1 is 1.11 bits per heavy atom. The number of methoxy groups -OCH3 is 1. The van der Waals surface area contributed by atoms with Gasteiger partial charge in [0.25, 0.3) is 0 Å². The average Bonchev–Trinajstić information content (AvgIpc) is 3.37. The molecule has 0 bridgehead atoms. The van der Waals surface area contributed by atoms with Crippen LogP contribution in [0, 0.1) is 5.82 Å². The second-order valence-corrected chi connectivity index (χ2v) is 10.6. The molecule has 3 aliphatic rings. The highest BCUT2D eigenvalue weighted by Crippen LogP contribution is 2.47. The molecule has 1 heterocycles. The van der Waals surface area contributed by atoms with Crippen molar-refractivity contribution >= 4 is 27.7 Å². The summed E-state index contributed by atoms with van der Waals surface area (Å²) in [4.78, 5) is 27.3. The van der Waals surface area contributed by atoms with E-state index in [2.05, 4.69) is 21.2 Å². The number of benzene rings is 2. The van der Waals surface area contributed by atoms with Gasteiger partial charge in [0.05, 0.1) is 17.2 Å². The SMILES string of the molecule is COc1ccccc1[C@@H]1CC(=O)C2=C(C1)NC(C)=C(C(=O)OC1CCCC1)[C@@H]2c1ccc(F)c(Br)c1. The molecule has 2 atom stereocenters. The molecular weight excluding hydrogens is 525 g/mol. The van der Waals surface area contributed by atoms with Gasteiger partial charge < -0.3 is 14.8 Å². The molecule has 1 aliphatic heterocycles. The summed E-state index contributed by atoms with van der Waals surface area (Å²) in [6.07, 6.45) is 4.58. The average molecular weight is 554 g/mol. The Balaban J connectivity index is 1.57. The second kappa shape index (κ2) is 10.2. The summed E-state index contributed by atoms with van der Waals surface area (Å²) in [5.74, 6) is -0.781. The molecule has 7 heteroatoms. The number of hydrogen-bond donors (Lipinski definition) is 1. The zero-order chi connectivity index (χ0) is 25.4. The predicted molar refractivity (Wildman–Crippen MR) is 138 cm³/mol. The summed E-state index contributed by atoms with van der Waals surface area (Å²) in [7, 11) is 1.63. The number of para-hydroxylation sites is 1. The monoisotopic (exact) mass is 553 g/mol. The van der Waals surface area contributed by atoms with Crippen LogP contribution in [0.4, 0.5) is 4.39 Å². The van der Waals surface area contributed by atoms with Crippen LogP contribution in [-0.4, -0.2) is 25.0 Å². The maximum absolute atomic E-state index is 14.1. The fourth-order valence-corrected chi connectivity index (χ4v) is 6.18. The molecular formula is C29H29BrFNO4. The predicted octanol–water partition coefficient (Wildman–Crippen LogP) is 6.44. The van der Waals surface area contributed by atoms with Crippen molar-refractivity contribution in [3.63, 3.8) is 0 Å². The lowest BCUT2D eigenvalue weighted by Gasteiger charge is -2.37. The summed E-state index contributed by atoms with van der Waals surface area (Å²) in [6.45, 7) is 1.85. The molecule has 1 saturated carbocycles. The molecule has 36 heavy (non-hydrogen) atoms. The molecule has 2 aromatic carbocycles. The van der Waals surface area contributed by atoms with Crippen molar-refractivity contribution in [3.8, 4) is 5.75 Å². The largest absolute Gasteiger partial charge is 0.496 e. The van der Waals surface area contributed by atoms with Gasteiger partial charge >= 0.3 is 5.97 Å². The number of halogens is 2. The van der Waals surface area contributed by atoms with E-state index in [0.717, 1.165) is 42.7 Å². The van der Waals surface area contributed by atoms with E-state index >= 15 is 0 Å². The van der Waals surface area contributed by atoms with Crippen molar-refractivity contribution in [3.05, 3.63) is 86.4 Å². The number of Topliss-reactive ketones (excluding diaryl/α,β-unsaturated/α-hetero) is 1. The molecule has 0 aromatic heterocycles. The summed E-state index contributed by atoms with van der Waals surface area (Å²) >= 11 is 3.28. The Hall–Kier alpha value is -2.93. The number of ether oxygens (including phenoxy) is 2. The smallest absolute Gasteiger partial charge is 0.337 e. The molecule has 0 unspecified atom stereocenters. The van der Waals surface area contributed by atoms with E-state index in [1.165, 1.54) is 6.07 Å². The van der Waals surface area contributed by atoms with Crippen molar-refractivity contribution < 1.29 is 23.5 Å². The maximum atomic E-state index is 14.1. The molecule has 5 rings (SSSR count). The first kappa shape index (κ1) is 24.8. The Morgan fingerprint density at radius 2 is 1.86 bits per heavy atom. The lowest BCUT2D eigenvalue weighted by atomic mass is 9.71. The van der Waals surface area contributed by atoms with Crippen LogP contribution in [-0.2, 0) is 14.3 Å². The third-order valence-corrected chi connectivity index (χ3v) is 8.09. The van der Waals surface area contributed by atoms with Gasteiger partial charge in [0.1, 0.15) is 17.7 Å². The molecule has 0 radical (unpaired) electrons. The van der Waals surface area contributed by atoms with Crippen LogP contribution in [0.5, 0.6) is 5.75 Å². The standard InChI is InChI=1S/C29H29BrFNO4/c1-16-26(29(34)36-19-7-3-4-8-19)27(17-11-12-22(31)21(30)13-17)28-23(32-16)14-18(15-24(28)33)20-9-5-6-10-25(20)35-2/h5-6,9-13,18-19,27,32H,3-4,7-8,14-15H2,1-2H3/t18-,27-/m0/s1. The normalized spacial score (nSPS) is 22.4. The summed E-state index contributed by atoms with van der Waals surface area (Å²) in [5, 5.41) is 3.38. The fourth-order valence-electron chi connectivity index (χ4n) is 5.78. The number of nitrogens with one attached hydrogen (secondary N) is 1. The number of hydrogen-bond acceptors (Lipinski definition) is 5. The maximum Gasteiger partial charge on any atom is 0.337 e.